The second-order valence-corrected chi connectivity index (χ2v) is 5.81. The molecule has 5 heteroatoms. The van der Waals surface area contributed by atoms with Gasteiger partial charge in [-0.05, 0) is 5.56 Å². The van der Waals surface area contributed by atoms with E-state index in [2.05, 4.69) is 0 Å². The van der Waals surface area contributed by atoms with Gasteiger partial charge >= 0.3 is 0 Å². The molecule has 1 heterocycles. The maximum Gasteiger partial charge on any atom is 0.224 e. The van der Waals surface area contributed by atoms with E-state index in [-0.39, 0.29) is 18.4 Å². The van der Waals surface area contributed by atoms with Gasteiger partial charge in [-0.1, -0.05) is 30.3 Å². The minimum absolute atomic E-state index is 0.0498. The van der Waals surface area contributed by atoms with Crippen LogP contribution >= 0.6 is 0 Å². The summed E-state index contributed by atoms with van der Waals surface area (Å²) in [7, 11) is 1.72. The minimum atomic E-state index is -0.834. The number of carbonyl (C=O) groups excluding carboxylic acids is 1. The van der Waals surface area contributed by atoms with Crippen molar-refractivity contribution in [1.82, 2.24) is 4.90 Å². The zero-order valence-electron chi connectivity index (χ0n) is 12.5. The summed E-state index contributed by atoms with van der Waals surface area (Å²) in [4.78, 5) is 13.8. The molecule has 1 unspecified atom stereocenters. The predicted octanol–water partition coefficient (Wildman–Crippen LogP) is 1.08. The second kappa shape index (κ2) is 7.02. The number of likely N-dealkylation sites (N-methyl/N-ethyl adjacent to an activating group) is 1. The molecule has 116 valence electrons. The van der Waals surface area contributed by atoms with Crippen LogP contribution < -0.4 is 5.73 Å². The van der Waals surface area contributed by atoms with E-state index in [0.29, 0.717) is 32.6 Å². The van der Waals surface area contributed by atoms with Crippen LogP contribution in [0.1, 0.15) is 30.9 Å². The van der Waals surface area contributed by atoms with E-state index >= 15 is 0 Å². The lowest BCUT2D eigenvalue weighted by Gasteiger charge is -2.35. The molecule has 1 amide bonds. The first-order valence-electron chi connectivity index (χ1n) is 7.35. The van der Waals surface area contributed by atoms with Gasteiger partial charge in [0.25, 0.3) is 0 Å². The molecule has 2 rings (SSSR count). The Hall–Kier alpha value is -1.43. The fraction of sp³-hybridized carbons (Fsp3) is 0.562. The highest BCUT2D eigenvalue weighted by Gasteiger charge is 2.32. The number of amides is 1. The summed E-state index contributed by atoms with van der Waals surface area (Å²) in [5.74, 6) is -0.0498. The van der Waals surface area contributed by atoms with Crippen LogP contribution in [0.25, 0.3) is 0 Å². The van der Waals surface area contributed by atoms with Crippen molar-refractivity contribution in [1.29, 1.82) is 0 Å². The molecule has 1 aliphatic heterocycles. The van der Waals surface area contributed by atoms with Crippen LogP contribution in [0.3, 0.4) is 0 Å². The van der Waals surface area contributed by atoms with Crippen LogP contribution in [-0.4, -0.2) is 48.3 Å². The van der Waals surface area contributed by atoms with Gasteiger partial charge in [0.15, 0.2) is 0 Å². The van der Waals surface area contributed by atoms with E-state index in [4.69, 9.17) is 10.5 Å². The summed E-state index contributed by atoms with van der Waals surface area (Å²) >= 11 is 0. The summed E-state index contributed by atoms with van der Waals surface area (Å²) in [5.41, 5.74) is 6.18. The Morgan fingerprint density at radius 3 is 2.62 bits per heavy atom. The molecule has 0 radical (unpaired) electrons. The zero-order valence-corrected chi connectivity index (χ0v) is 12.5. The average molecular weight is 292 g/mol. The smallest absolute Gasteiger partial charge is 0.224 e. The molecule has 1 aliphatic rings. The van der Waals surface area contributed by atoms with Crippen LogP contribution in [-0.2, 0) is 9.53 Å². The molecule has 0 aliphatic carbocycles. The first-order chi connectivity index (χ1) is 10.0. The lowest BCUT2D eigenvalue weighted by atomic mass is 9.93. The van der Waals surface area contributed by atoms with Crippen LogP contribution in [0, 0.1) is 0 Å². The fourth-order valence-corrected chi connectivity index (χ4v) is 2.60. The number of aliphatic hydroxyl groups is 1. The summed E-state index contributed by atoms with van der Waals surface area (Å²) < 4.78 is 5.25. The largest absolute Gasteiger partial charge is 0.388 e. The predicted molar refractivity (Wildman–Crippen MR) is 80.6 cm³/mol. The Kier molecular flexibility index (Phi) is 5.33. The summed E-state index contributed by atoms with van der Waals surface area (Å²) in [6.45, 7) is 1.42. The van der Waals surface area contributed by atoms with E-state index in [1.54, 1.807) is 11.9 Å². The van der Waals surface area contributed by atoms with Gasteiger partial charge in [0, 0.05) is 52.1 Å². The monoisotopic (exact) mass is 292 g/mol. The molecule has 0 saturated carbocycles. The molecule has 5 nitrogen and oxygen atoms in total. The molecule has 1 aromatic rings. The Balaban J connectivity index is 1.87. The van der Waals surface area contributed by atoms with Crippen LogP contribution in [0.2, 0.25) is 0 Å². The first-order valence-corrected chi connectivity index (χ1v) is 7.35. The van der Waals surface area contributed by atoms with Gasteiger partial charge in [0.1, 0.15) is 0 Å². The third-order valence-corrected chi connectivity index (χ3v) is 4.00. The maximum absolute atomic E-state index is 12.2. The molecular weight excluding hydrogens is 268 g/mol. The van der Waals surface area contributed by atoms with E-state index in [9.17, 15) is 9.90 Å². The SMILES string of the molecule is CN(CC1(O)CCOCC1)C(=O)CC(N)c1ccccc1. The molecule has 1 saturated heterocycles. The Morgan fingerprint density at radius 1 is 1.38 bits per heavy atom. The second-order valence-electron chi connectivity index (χ2n) is 5.81. The number of ether oxygens (including phenoxy) is 1. The number of nitrogens with zero attached hydrogens (tertiary/aromatic N) is 1. The van der Waals surface area contributed by atoms with Crippen molar-refractivity contribution < 1.29 is 14.6 Å². The Labute approximate surface area is 125 Å². The summed E-state index contributed by atoms with van der Waals surface area (Å²) in [5, 5.41) is 10.4. The van der Waals surface area contributed by atoms with Gasteiger partial charge < -0.3 is 20.5 Å². The van der Waals surface area contributed by atoms with Crippen LogP contribution in [0.15, 0.2) is 30.3 Å². The van der Waals surface area contributed by atoms with E-state index in [1.165, 1.54) is 0 Å². The van der Waals surface area contributed by atoms with Crippen molar-refractivity contribution in [2.45, 2.75) is 30.9 Å². The lowest BCUT2D eigenvalue weighted by Crippen LogP contribution is -2.47. The lowest BCUT2D eigenvalue weighted by molar-refractivity contribution is -0.137. The quantitative estimate of drug-likeness (QED) is 0.851. The van der Waals surface area contributed by atoms with Gasteiger partial charge in [-0.2, -0.15) is 0 Å². The molecule has 1 fully saturated rings. The third kappa shape index (κ3) is 4.52. The molecule has 0 spiro atoms. The number of rotatable bonds is 5. The molecule has 3 N–H and O–H groups in total. The minimum Gasteiger partial charge on any atom is -0.388 e. The van der Waals surface area contributed by atoms with Gasteiger partial charge in [0.05, 0.1) is 5.60 Å². The van der Waals surface area contributed by atoms with Crippen molar-refractivity contribution in [3.05, 3.63) is 35.9 Å². The number of carbonyl (C=O) groups is 1. The van der Waals surface area contributed by atoms with E-state index in [1.807, 2.05) is 30.3 Å². The topological polar surface area (TPSA) is 75.8 Å². The molecular formula is C16H24N2O3. The summed E-state index contributed by atoms with van der Waals surface area (Å²) in [6, 6.07) is 9.27. The van der Waals surface area contributed by atoms with Crippen molar-refractivity contribution in [3.63, 3.8) is 0 Å². The van der Waals surface area contributed by atoms with Crippen molar-refractivity contribution in [3.8, 4) is 0 Å². The van der Waals surface area contributed by atoms with Crippen LogP contribution in [0.4, 0.5) is 0 Å². The number of hydrogen-bond acceptors (Lipinski definition) is 4. The fourth-order valence-electron chi connectivity index (χ4n) is 2.60. The average Bonchev–Trinajstić information content (AvgIpc) is 2.48. The highest BCUT2D eigenvalue weighted by molar-refractivity contribution is 5.76. The van der Waals surface area contributed by atoms with E-state index in [0.717, 1.165) is 5.56 Å². The van der Waals surface area contributed by atoms with Crippen LogP contribution in [0.5, 0.6) is 0 Å². The molecule has 21 heavy (non-hydrogen) atoms. The molecule has 0 aromatic heterocycles. The summed E-state index contributed by atoms with van der Waals surface area (Å²) in [6.07, 6.45) is 1.37. The Morgan fingerprint density at radius 2 is 2.00 bits per heavy atom. The molecule has 1 aromatic carbocycles. The molecule has 0 bridgehead atoms. The number of hydrogen-bond donors (Lipinski definition) is 2. The van der Waals surface area contributed by atoms with E-state index < -0.39 is 5.60 Å². The van der Waals surface area contributed by atoms with Gasteiger partial charge in [-0.3, -0.25) is 4.79 Å². The van der Waals surface area contributed by atoms with Gasteiger partial charge in [-0.25, -0.2) is 0 Å². The van der Waals surface area contributed by atoms with Crippen molar-refractivity contribution >= 4 is 5.91 Å². The zero-order chi connectivity index (χ0) is 15.3. The standard InChI is InChI=1S/C16H24N2O3/c1-18(12-16(20)7-9-21-10-8-16)15(19)11-14(17)13-5-3-2-4-6-13/h2-6,14,20H,7-12,17H2,1H3. The van der Waals surface area contributed by atoms with Crippen molar-refractivity contribution in [2.75, 3.05) is 26.8 Å². The van der Waals surface area contributed by atoms with Crippen molar-refractivity contribution in [2.24, 2.45) is 5.73 Å². The number of benzene rings is 1. The molecule has 1 atom stereocenters. The third-order valence-electron chi connectivity index (χ3n) is 4.00. The highest BCUT2D eigenvalue weighted by Crippen LogP contribution is 2.22. The van der Waals surface area contributed by atoms with Gasteiger partial charge in [0.2, 0.25) is 5.91 Å². The normalized spacial score (nSPS) is 19.0. The number of nitrogens with two attached hydrogens (primary N) is 1. The Bertz CT molecular complexity index is 458. The first kappa shape index (κ1) is 15.9. The highest BCUT2D eigenvalue weighted by atomic mass is 16.5. The van der Waals surface area contributed by atoms with Gasteiger partial charge in [-0.15, -0.1) is 0 Å². The maximum atomic E-state index is 12.2.